The minimum Gasteiger partial charge on any atom is -0.508 e. The Hall–Kier alpha value is -3.30. The van der Waals surface area contributed by atoms with Crippen LogP contribution in [-0.2, 0) is 17.8 Å². The van der Waals surface area contributed by atoms with E-state index < -0.39 is 5.91 Å². The molecule has 6 nitrogen and oxygen atoms in total. The molecule has 0 fully saturated rings. The van der Waals surface area contributed by atoms with E-state index in [9.17, 15) is 20.3 Å². The van der Waals surface area contributed by atoms with Crippen molar-refractivity contribution >= 4 is 5.91 Å². The summed E-state index contributed by atoms with van der Waals surface area (Å²) >= 11 is 0. The van der Waals surface area contributed by atoms with Gasteiger partial charge in [0.15, 0.2) is 0 Å². The maximum Gasteiger partial charge on any atom is 0.263 e. The highest BCUT2D eigenvalue weighted by atomic mass is 16.3. The SMILES string of the molecule is N#C/C(=C/N(CCO)Cc1ccccc1)C(=O)NCCc1ccc(O)cc1. The van der Waals surface area contributed by atoms with E-state index >= 15 is 0 Å². The lowest BCUT2D eigenvalue weighted by Crippen LogP contribution is -2.29. The minimum absolute atomic E-state index is 0.00918. The van der Waals surface area contributed by atoms with Crippen molar-refractivity contribution in [2.45, 2.75) is 13.0 Å². The Labute approximate surface area is 159 Å². The van der Waals surface area contributed by atoms with Gasteiger partial charge in [0.2, 0.25) is 0 Å². The van der Waals surface area contributed by atoms with Gasteiger partial charge in [-0.15, -0.1) is 0 Å². The minimum atomic E-state index is -0.452. The van der Waals surface area contributed by atoms with Crippen LogP contribution in [0.4, 0.5) is 0 Å². The first kappa shape index (κ1) is 20.0. The van der Waals surface area contributed by atoms with Gasteiger partial charge in [0, 0.05) is 25.8 Å². The predicted octanol–water partition coefficient (Wildman–Crippen LogP) is 1.95. The van der Waals surface area contributed by atoms with Crippen LogP contribution >= 0.6 is 0 Å². The van der Waals surface area contributed by atoms with Crippen molar-refractivity contribution in [1.29, 1.82) is 5.26 Å². The second-order valence-corrected chi connectivity index (χ2v) is 6.01. The molecule has 0 saturated carbocycles. The van der Waals surface area contributed by atoms with Gasteiger partial charge in [0.1, 0.15) is 17.4 Å². The quantitative estimate of drug-likeness (QED) is 0.466. The molecule has 140 valence electrons. The van der Waals surface area contributed by atoms with E-state index in [0.717, 1.165) is 11.1 Å². The molecule has 6 heteroatoms. The van der Waals surface area contributed by atoms with Crippen molar-refractivity contribution in [2.24, 2.45) is 0 Å². The number of aliphatic hydroxyl groups is 1. The molecule has 0 bridgehead atoms. The van der Waals surface area contributed by atoms with Gasteiger partial charge in [-0.25, -0.2) is 0 Å². The number of aromatic hydroxyl groups is 1. The molecule has 0 aliphatic heterocycles. The molecule has 2 rings (SSSR count). The highest BCUT2D eigenvalue weighted by molar-refractivity contribution is 5.97. The first-order valence-electron chi connectivity index (χ1n) is 8.69. The molecular formula is C21H23N3O3. The zero-order valence-electron chi connectivity index (χ0n) is 15.0. The largest absolute Gasteiger partial charge is 0.508 e. The second-order valence-electron chi connectivity index (χ2n) is 6.01. The van der Waals surface area contributed by atoms with Gasteiger partial charge in [0.05, 0.1) is 6.61 Å². The standard InChI is InChI=1S/C21H23N3O3/c22-14-19(16-24(12-13-25)15-18-4-2-1-3-5-18)21(27)23-11-10-17-6-8-20(26)9-7-17/h1-9,16,25-26H,10-13,15H2,(H,23,27)/b19-16-. The molecule has 0 spiro atoms. The summed E-state index contributed by atoms with van der Waals surface area (Å²) in [6.07, 6.45) is 2.08. The molecule has 27 heavy (non-hydrogen) atoms. The first-order chi connectivity index (χ1) is 13.1. The molecule has 3 N–H and O–H groups in total. The molecule has 2 aromatic carbocycles. The molecule has 0 aliphatic rings. The van der Waals surface area contributed by atoms with Crippen LogP contribution in [0.5, 0.6) is 5.75 Å². The lowest BCUT2D eigenvalue weighted by Gasteiger charge is -2.20. The van der Waals surface area contributed by atoms with E-state index in [1.807, 2.05) is 36.4 Å². The van der Waals surface area contributed by atoms with Crippen molar-refractivity contribution in [3.63, 3.8) is 0 Å². The number of hydrogen-bond acceptors (Lipinski definition) is 5. The summed E-state index contributed by atoms with van der Waals surface area (Å²) in [6, 6.07) is 18.3. The summed E-state index contributed by atoms with van der Waals surface area (Å²) in [5, 5.41) is 30.6. The van der Waals surface area contributed by atoms with Crippen LogP contribution < -0.4 is 5.32 Å². The number of phenolic OH excluding ortho intramolecular Hbond substituents is 1. The average Bonchev–Trinajstić information content (AvgIpc) is 2.68. The fourth-order valence-electron chi connectivity index (χ4n) is 2.53. The number of benzene rings is 2. The van der Waals surface area contributed by atoms with Crippen LogP contribution in [0.25, 0.3) is 0 Å². The highest BCUT2D eigenvalue weighted by Gasteiger charge is 2.11. The molecule has 0 aromatic heterocycles. The van der Waals surface area contributed by atoms with Gasteiger partial charge in [0.25, 0.3) is 5.91 Å². The van der Waals surface area contributed by atoms with E-state index in [2.05, 4.69) is 5.32 Å². The Morgan fingerprint density at radius 3 is 2.44 bits per heavy atom. The molecule has 1 amide bonds. The average molecular weight is 365 g/mol. The number of carbonyl (C=O) groups is 1. The van der Waals surface area contributed by atoms with E-state index in [-0.39, 0.29) is 17.9 Å². The number of rotatable bonds is 9. The number of aliphatic hydroxyl groups excluding tert-OH is 1. The summed E-state index contributed by atoms with van der Waals surface area (Å²) in [6.45, 7) is 1.11. The van der Waals surface area contributed by atoms with Crippen LogP contribution in [0.15, 0.2) is 66.4 Å². The van der Waals surface area contributed by atoms with Crippen LogP contribution in [0.2, 0.25) is 0 Å². The van der Waals surface area contributed by atoms with Gasteiger partial charge in [-0.05, 0) is 29.7 Å². The number of amides is 1. The Balaban J connectivity index is 1.95. The fourth-order valence-corrected chi connectivity index (χ4v) is 2.53. The van der Waals surface area contributed by atoms with Gasteiger partial charge >= 0.3 is 0 Å². The zero-order chi connectivity index (χ0) is 19.5. The summed E-state index contributed by atoms with van der Waals surface area (Å²) in [5.74, 6) is -0.257. The lowest BCUT2D eigenvalue weighted by atomic mass is 10.1. The third kappa shape index (κ3) is 6.84. The predicted molar refractivity (Wildman–Crippen MR) is 102 cm³/mol. The third-order valence-electron chi connectivity index (χ3n) is 3.93. The fraction of sp³-hybridized carbons (Fsp3) is 0.238. The number of carbonyl (C=O) groups excluding carboxylic acids is 1. The van der Waals surface area contributed by atoms with E-state index in [1.54, 1.807) is 29.2 Å². The molecule has 0 radical (unpaired) electrons. The van der Waals surface area contributed by atoms with Crippen molar-refractivity contribution in [3.05, 3.63) is 77.5 Å². The molecule has 0 unspecified atom stereocenters. The monoisotopic (exact) mass is 365 g/mol. The van der Waals surface area contributed by atoms with Crippen LogP contribution in [0.3, 0.4) is 0 Å². The molecular weight excluding hydrogens is 342 g/mol. The van der Waals surface area contributed by atoms with E-state index in [1.165, 1.54) is 6.20 Å². The number of phenols is 1. The van der Waals surface area contributed by atoms with Gasteiger partial charge in [-0.2, -0.15) is 5.26 Å². The Kier molecular flexibility index (Phi) is 7.89. The van der Waals surface area contributed by atoms with Crippen molar-refractivity contribution < 1.29 is 15.0 Å². The van der Waals surface area contributed by atoms with Gasteiger partial charge in [-0.1, -0.05) is 42.5 Å². The van der Waals surface area contributed by atoms with E-state index in [0.29, 0.717) is 26.1 Å². The number of nitriles is 1. The van der Waals surface area contributed by atoms with Crippen molar-refractivity contribution in [1.82, 2.24) is 10.2 Å². The highest BCUT2D eigenvalue weighted by Crippen LogP contribution is 2.10. The smallest absolute Gasteiger partial charge is 0.263 e. The maximum atomic E-state index is 12.3. The van der Waals surface area contributed by atoms with E-state index in [4.69, 9.17) is 0 Å². The molecule has 0 atom stereocenters. The molecule has 0 heterocycles. The summed E-state index contributed by atoms with van der Waals surface area (Å²) in [4.78, 5) is 14.0. The number of nitrogens with zero attached hydrogens (tertiary/aromatic N) is 2. The third-order valence-corrected chi connectivity index (χ3v) is 3.93. The Bertz CT molecular complexity index is 796. The maximum absolute atomic E-state index is 12.3. The molecule has 0 aliphatic carbocycles. The second kappa shape index (κ2) is 10.6. The number of nitrogens with one attached hydrogen (secondary N) is 1. The summed E-state index contributed by atoms with van der Waals surface area (Å²) < 4.78 is 0. The topological polar surface area (TPSA) is 96.6 Å². The van der Waals surface area contributed by atoms with Crippen LogP contribution in [0.1, 0.15) is 11.1 Å². The normalized spacial score (nSPS) is 10.9. The first-order valence-corrected chi connectivity index (χ1v) is 8.69. The van der Waals surface area contributed by atoms with Crippen LogP contribution in [0, 0.1) is 11.3 Å². The van der Waals surface area contributed by atoms with Gasteiger partial charge < -0.3 is 20.4 Å². The number of hydrogen-bond donors (Lipinski definition) is 3. The van der Waals surface area contributed by atoms with Gasteiger partial charge in [-0.3, -0.25) is 4.79 Å². The lowest BCUT2D eigenvalue weighted by molar-refractivity contribution is -0.117. The molecule has 2 aromatic rings. The van der Waals surface area contributed by atoms with Crippen molar-refractivity contribution in [3.8, 4) is 11.8 Å². The van der Waals surface area contributed by atoms with Crippen molar-refractivity contribution in [2.75, 3.05) is 19.7 Å². The zero-order valence-corrected chi connectivity index (χ0v) is 15.0. The van der Waals surface area contributed by atoms with Crippen LogP contribution in [-0.4, -0.2) is 40.7 Å². The Morgan fingerprint density at radius 1 is 1.11 bits per heavy atom. The summed E-state index contributed by atoms with van der Waals surface area (Å²) in [7, 11) is 0. The molecule has 0 saturated heterocycles. The summed E-state index contributed by atoms with van der Waals surface area (Å²) in [5.41, 5.74) is 1.99. The Morgan fingerprint density at radius 2 is 1.81 bits per heavy atom.